The Hall–Kier alpha value is -3.26. The van der Waals surface area contributed by atoms with Crippen molar-refractivity contribution in [3.63, 3.8) is 0 Å². The van der Waals surface area contributed by atoms with E-state index in [1.54, 1.807) is 6.08 Å². The zero-order valence-corrected chi connectivity index (χ0v) is 15.2. The third kappa shape index (κ3) is 3.70. The Labute approximate surface area is 152 Å². The van der Waals surface area contributed by atoms with E-state index in [-0.39, 0.29) is 0 Å². The number of benzene rings is 2. The van der Waals surface area contributed by atoms with Gasteiger partial charge in [-0.15, -0.1) is 0 Å². The second-order valence-corrected chi connectivity index (χ2v) is 5.85. The first kappa shape index (κ1) is 17.6. The van der Waals surface area contributed by atoms with Crippen molar-refractivity contribution in [2.45, 2.75) is 20.8 Å². The minimum atomic E-state index is 0.463. The molecule has 0 saturated carbocycles. The van der Waals surface area contributed by atoms with Gasteiger partial charge in [0, 0.05) is 0 Å². The molecule has 0 amide bonds. The number of aromatic nitrogens is 2. The van der Waals surface area contributed by atoms with Crippen molar-refractivity contribution in [1.82, 2.24) is 9.97 Å². The van der Waals surface area contributed by atoms with Crippen molar-refractivity contribution in [1.29, 1.82) is 5.26 Å². The molecule has 0 atom stereocenters. The molecule has 0 unspecified atom stereocenters. The molecule has 0 saturated heterocycles. The van der Waals surface area contributed by atoms with Crippen molar-refractivity contribution < 1.29 is 9.47 Å². The van der Waals surface area contributed by atoms with E-state index in [9.17, 15) is 5.26 Å². The Morgan fingerprint density at radius 2 is 1.88 bits per heavy atom. The molecule has 0 spiro atoms. The van der Waals surface area contributed by atoms with Crippen LogP contribution in [0.1, 0.15) is 30.8 Å². The van der Waals surface area contributed by atoms with Crippen LogP contribution in [0, 0.1) is 18.3 Å². The average Bonchev–Trinajstić information content (AvgIpc) is 3.05. The minimum Gasteiger partial charge on any atom is -0.490 e. The Balaban J connectivity index is 2.00. The van der Waals surface area contributed by atoms with Crippen LogP contribution in [0.2, 0.25) is 0 Å². The van der Waals surface area contributed by atoms with Gasteiger partial charge in [0.05, 0.1) is 29.8 Å². The van der Waals surface area contributed by atoms with Crippen LogP contribution >= 0.6 is 0 Å². The third-order valence-electron chi connectivity index (χ3n) is 3.89. The first-order valence-electron chi connectivity index (χ1n) is 8.62. The second-order valence-electron chi connectivity index (χ2n) is 5.85. The first-order chi connectivity index (χ1) is 12.6. The van der Waals surface area contributed by atoms with Gasteiger partial charge in [0.15, 0.2) is 11.5 Å². The molecule has 0 radical (unpaired) electrons. The Morgan fingerprint density at radius 1 is 1.12 bits per heavy atom. The minimum absolute atomic E-state index is 0.463. The fourth-order valence-corrected chi connectivity index (χ4v) is 2.73. The Morgan fingerprint density at radius 3 is 2.62 bits per heavy atom. The lowest BCUT2D eigenvalue weighted by atomic mass is 10.1. The van der Waals surface area contributed by atoms with Gasteiger partial charge in [-0.25, -0.2) is 4.98 Å². The first-order valence-corrected chi connectivity index (χ1v) is 8.62. The van der Waals surface area contributed by atoms with Crippen molar-refractivity contribution in [2.75, 3.05) is 13.2 Å². The zero-order chi connectivity index (χ0) is 18.5. The Bertz CT molecular complexity index is 996. The molecule has 3 rings (SSSR count). The fourth-order valence-electron chi connectivity index (χ4n) is 2.73. The molecule has 0 aliphatic heterocycles. The molecule has 26 heavy (non-hydrogen) atoms. The molecular formula is C21H21N3O2. The van der Waals surface area contributed by atoms with E-state index in [0.29, 0.717) is 36.1 Å². The predicted molar refractivity (Wildman–Crippen MR) is 103 cm³/mol. The molecule has 1 aromatic heterocycles. The molecule has 0 bridgehead atoms. The molecule has 3 aromatic rings. The van der Waals surface area contributed by atoms with Crippen LogP contribution in [0.15, 0.2) is 36.4 Å². The number of hydrogen-bond acceptors (Lipinski definition) is 4. The van der Waals surface area contributed by atoms with Crippen molar-refractivity contribution in [2.24, 2.45) is 0 Å². The topological polar surface area (TPSA) is 70.9 Å². The quantitative estimate of drug-likeness (QED) is 0.654. The number of nitriles is 1. The fraction of sp³-hybridized carbons (Fsp3) is 0.238. The van der Waals surface area contributed by atoms with Gasteiger partial charge in [-0.3, -0.25) is 0 Å². The predicted octanol–water partition coefficient (Wildman–Crippen LogP) is 4.73. The number of imidazole rings is 1. The van der Waals surface area contributed by atoms with E-state index in [1.807, 2.05) is 57.2 Å². The summed E-state index contributed by atoms with van der Waals surface area (Å²) in [5, 5.41) is 9.60. The number of allylic oxidation sites excluding steroid dienone is 1. The van der Waals surface area contributed by atoms with Gasteiger partial charge >= 0.3 is 0 Å². The highest BCUT2D eigenvalue weighted by atomic mass is 16.5. The molecular weight excluding hydrogens is 326 g/mol. The highest BCUT2D eigenvalue weighted by Gasteiger charge is 2.10. The number of nitrogens with one attached hydrogen (secondary N) is 1. The van der Waals surface area contributed by atoms with Crippen LogP contribution in [0.4, 0.5) is 0 Å². The van der Waals surface area contributed by atoms with E-state index >= 15 is 0 Å². The highest BCUT2D eigenvalue weighted by molar-refractivity contribution is 5.90. The molecule has 1 N–H and O–H groups in total. The number of aryl methyl sites for hydroxylation is 1. The van der Waals surface area contributed by atoms with Crippen LogP contribution in [-0.2, 0) is 0 Å². The normalized spacial score (nSPS) is 11.4. The van der Waals surface area contributed by atoms with Crippen LogP contribution in [0.5, 0.6) is 11.5 Å². The summed E-state index contributed by atoms with van der Waals surface area (Å²) < 4.78 is 11.2. The largest absolute Gasteiger partial charge is 0.490 e. The van der Waals surface area contributed by atoms with E-state index < -0.39 is 0 Å². The molecule has 0 fully saturated rings. The van der Waals surface area contributed by atoms with E-state index in [2.05, 4.69) is 16.0 Å². The van der Waals surface area contributed by atoms with Gasteiger partial charge < -0.3 is 14.5 Å². The SMILES string of the molecule is CCOc1ccc(/C=C(\C#N)c2nc3ccc(C)cc3[nH]2)cc1OCC. The van der Waals surface area contributed by atoms with Crippen LogP contribution in [-0.4, -0.2) is 23.2 Å². The van der Waals surface area contributed by atoms with Crippen LogP contribution in [0.25, 0.3) is 22.7 Å². The maximum atomic E-state index is 9.60. The van der Waals surface area contributed by atoms with Crippen LogP contribution in [0.3, 0.4) is 0 Å². The summed E-state index contributed by atoms with van der Waals surface area (Å²) in [5.74, 6) is 1.92. The number of ether oxygens (including phenoxy) is 2. The lowest BCUT2D eigenvalue weighted by molar-refractivity contribution is 0.287. The van der Waals surface area contributed by atoms with Crippen molar-refractivity contribution in [3.05, 3.63) is 53.3 Å². The number of hydrogen-bond donors (Lipinski definition) is 1. The summed E-state index contributed by atoms with van der Waals surface area (Å²) >= 11 is 0. The average molecular weight is 347 g/mol. The Kier molecular flexibility index (Phi) is 5.23. The molecule has 2 aromatic carbocycles. The molecule has 5 heteroatoms. The van der Waals surface area contributed by atoms with Gasteiger partial charge in [0.1, 0.15) is 11.9 Å². The van der Waals surface area contributed by atoms with Gasteiger partial charge in [-0.1, -0.05) is 12.1 Å². The number of rotatable bonds is 6. The molecule has 0 aliphatic rings. The summed E-state index contributed by atoms with van der Waals surface area (Å²) in [6.07, 6.45) is 1.79. The zero-order valence-electron chi connectivity index (χ0n) is 15.2. The summed E-state index contributed by atoms with van der Waals surface area (Å²) in [5.41, 5.74) is 4.22. The smallest absolute Gasteiger partial charge is 0.161 e. The van der Waals surface area contributed by atoms with Gasteiger partial charge in [0.25, 0.3) is 0 Å². The maximum Gasteiger partial charge on any atom is 0.161 e. The summed E-state index contributed by atoms with van der Waals surface area (Å²) in [7, 11) is 0. The maximum absolute atomic E-state index is 9.60. The summed E-state index contributed by atoms with van der Waals surface area (Å²) in [6, 6.07) is 13.8. The second kappa shape index (κ2) is 7.75. The molecule has 0 aliphatic carbocycles. The number of aromatic amines is 1. The van der Waals surface area contributed by atoms with Crippen molar-refractivity contribution in [3.8, 4) is 17.6 Å². The van der Waals surface area contributed by atoms with E-state index in [1.165, 1.54) is 0 Å². The number of H-pyrrole nitrogens is 1. The standard InChI is InChI=1S/C21H21N3O2/c1-4-25-19-9-7-15(12-20(19)26-5-2)11-16(13-22)21-23-17-8-6-14(3)10-18(17)24-21/h6-12H,4-5H2,1-3H3,(H,23,24)/b16-11+. The molecule has 132 valence electrons. The molecule has 1 heterocycles. The summed E-state index contributed by atoms with van der Waals surface area (Å²) in [4.78, 5) is 7.75. The third-order valence-corrected chi connectivity index (χ3v) is 3.89. The lowest BCUT2D eigenvalue weighted by Crippen LogP contribution is -1.98. The van der Waals surface area contributed by atoms with Gasteiger partial charge in [-0.05, 0) is 62.2 Å². The summed E-state index contributed by atoms with van der Waals surface area (Å²) in [6.45, 7) is 6.99. The van der Waals surface area contributed by atoms with Crippen LogP contribution < -0.4 is 9.47 Å². The lowest BCUT2D eigenvalue weighted by Gasteiger charge is -2.11. The molecule has 5 nitrogen and oxygen atoms in total. The van der Waals surface area contributed by atoms with Gasteiger partial charge in [-0.2, -0.15) is 5.26 Å². The van der Waals surface area contributed by atoms with E-state index in [4.69, 9.17) is 9.47 Å². The van der Waals surface area contributed by atoms with Gasteiger partial charge in [0.2, 0.25) is 0 Å². The highest BCUT2D eigenvalue weighted by Crippen LogP contribution is 2.30. The number of fused-ring (bicyclic) bond motifs is 1. The van der Waals surface area contributed by atoms with Crippen molar-refractivity contribution >= 4 is 22.7 Å². The number of nitrogens with zero attached hydrogens (tertiary/aromatic N) is 2. The monoisotopic (exact) mass is 347 g/mol. The van der Waals surface area contributed by atoms with E-state index in [0.717, 1.165) is 22.2 Å².